The molecule has 5 nitrogen and oxygen atoms in total. The number of rotatable bonds is 7. The van der Waals surface area contributed by atoms with Crippen LogP contribution in [0.15, 0.2) is 36.0 Å². The molecule has 2 aliphatic rings. The van der Waals surface area contributed by atoms with E-state index in [0.29, 0.717) is 11.3 Å². The quantitative estimate of drug-likeness (QED) is 0.499. The van der Waals surface area contributed by atoms with Crippen LogP contribution in [-0.2, 0) is 9.53 Å². The number of carbonyl (C=O) groups excluding carboxylic acids is 1. The van der Waals surface area contributed by atoms with E-state index in [1.54, 1.807) is 6.20 Å². The molecule has 0 spiro atoms. The third-order valence-corrected chi connectivity index (χ3v) is 5.68. The van der Waals surface area contributed by atoms with E-state index >= 15 is 0 Å². The molecule has 30 heavy (non-hydrogen) atoms. The highest BCUT2D eigenvalue weighted by Gasteiger charge is 2.35. The normalized spacial score (nSPS) is 19.4. The van der Waals surface area contributed by atoms with Crippen molar-refractivity contribution in [3.05, 3.63) is 41.7 Å². The number of nitrogens with one attached hydrogen (secondary N) is 1. The number of halogens is 4. The average Bonchev–Trinajstić information content (AvgIpc) is 2.70. The minimum absolute atomic E-state index is 0.177. The topological polar surface area (TPSA) is 54.5 Å². The van der Waals surface area contributed by atoms with Gasteiger partial charge in [-0.3, -0.25) is 9.78 Å². The first-order valence-corrected chi connectivity index (χ1v) is 10.0. The Morgan fingerprint density at radius 2 is 2.03 bits per heavy atom. The van der Waals surface area contributed by atoms with E-state index in [2.05, 4.69) is 26.9 Å². The van der Waals surface area contributed by atoms with Gasteiger partial charge in [-0.15, -0.1) is 13.2 Å². The van der Waals surface area contributed by atoms with Crippen LogP contribution in [0.5, 0.6) is 0 Å². The number of pyridine rings is 1. The molecule has 2 heterocycles. The van der Waals surface area contributed by atoms with E-state index in [1.807, 2.05) is 12.1 Å². The molecule has 9 heteroatoms. The van der Waals surface area contributed by atoms with Gasteiger partial charge in [0, 0.05) is 36.9 Å². The van der Waals surface area contributed by atoms with Crippen LogP contribution in [0.1, 0.15) is 51.1 Å². The summed E-state index contributed by atoms with van der Waals surface area (Å²) in [7, 11) is 0. The Bertz CT molecular complexity index is 828. The van der Waals surface area contributed by atoms with E-state index < -0.39 is 17.9 Å². The lowest BCUT2D eigenvalue weighted by Gasteiger charge is -2.42. The van der Waals surface area contributed by atoms with Gasteiger partial charge < -0.3 is 15.0 Å². The van der Waals surface area contributed by atoms with Crippen LogP contribution < -0.4 is 10.2 Å². The summed E-state index contributed by atoms with van der Waals surface area (Å²) in [6.45, 7) is 3.59. The van der Waals surface area contributed by atoms with Crippen molar-refractivity contribution in [3.8, 4) is 0 Å². The third-order valence-electron chi connectivity index (χ3n) is 5.68. The summed E-state index contributed by atoms with van der Waals surface area (Å²) in [6.07, 6.45) is 2.10. The van der Waals surface area contributed by atoms with Gasteiger partial charge in [0.15, 0.2) is 5.83 Å². The number of piperidine rings is 1. The Hall–Kier alpha value is -2.58. The van der Waals surface area contributed by atoms with Crippen LogP contribution in [0.25, 0.3) is 5.57 Å². The number of allylic oxidation sites excluding steroid dienone is 4. The summed E-state index contributed by atoms with van der Waals surface area (Å²) in [6, 6.07) is 3.69. The number of anilines is 1. The predicted octanol–water partition coefficient (Wildman–Crippen LogP) is 4.86. The number of amides is 1. The van der Waals surface area contributed by atoms with E-state index in [9.17, 15) is 22.4 Å². The summed E-state index contributed by atoms with van der Waals surface area (Å²) in [5, 5.41) is 2.99. The predicted molar refractivity (Wildman–Crippen MR) is 105 cm³/mol. The largest absolute Gasteiger partial charge is 0.572 e. The highest BCUT2D eigenvalue weighted by Crippen LogP contribution is 2.36. The first-order valence-electron chi connectivity index (χ1n) is 10.0. The van der Waals surface area contributed by atoms with Gasteiger partial charge in [-0.2, -0.15) is 0 Å². The van der Waals surface area contributed by atoms with Gasteiger partial charge in [0.2, 0.25) is 6.41 Å². The van der Waals surface area contributed by atoms with Crippen molar-refractivity contribution in [1.29, 1.82) is 0 Å². The van der Waals surface area contributed by atoms with Gasteiger partial charge in [0.25, 0.3) is 0 Å². The number of ether oxygens (including phenoxy) is 1. The Morgan fingerprint density at radius 3 is 2.63 bits per heavy atom. The Morgan fingerprint density at radius 1 is 1.30 bits per heavy atom. The van der Waals surface area contributed by atoms with Crippen LogP contribution in [-0.4, -0.2) is 36.4 Å². The minimum Gasteiger partial charge on any atom is -0.407 e. The molecule has 1 N–H and O–H groups in total. The molecule has 1 aliphatic heterocycles. The van der Waals surface area contributed by atoms with Gasteiger partial charge in [-0.1, -0.05) is 13.3 Å². The van der Waals surface area contributed by atoms with E-state index in [0.717, 1.165) is 56.9 Å². The summed E-state index contributed by atoms with van der Waals surface area (Å²) in [4.78, 5) is 17.5. The van der Waals surface area contributed by atoms with Gasteiger partial charge in [-0.05, 0) is 49.5 Å². The number of hydrogen-bond acceptors (Lipinski definition) is 4. The monoisotopic (exact) mass is 427 g/mol. The van der Waals surface area contributed by atoms with Crippen molar-refractivity contribution in [2.24, 2.45) is 0 Å². The maximum atomic E-state index is 14.1. The summed E-state index contributed by atoms with van der Waals surface area (Å²) >= 11 is 0. The van der Waals surface area contributed by atoms with Crippen molar-refractivity contribution in [1.82, 2.24) is 10.3 Å². The van der Waals surface area contributed by atoms with Crippen molar-refractivity contribution in [2.45, 2.75) is 57.3 Å². The van der Waals surface area contributed by atoms with E-state index in [1.165, 1.54) is 0 Å². The van der Waals surface area contributed by atoms with Crippen molar-refractivity contribution in [2.75, 3.05) is 18.0 Å². The zero-order chi connectivity index (χ0) is 21.8. The first kappa shape index (κ1) is 22.1. The number of carbonyl (C=O) groups is 1. The number of alkyl halides is 3. The van der Waals surface area contributed by atoms with Gasteiger partial charge in [0.1, 0.15) is 5.76 Å². The fraction of sp³-hybridized carbons (Fsp3) is 0.524. The molecule has 3 rings (SSSR count). The lowest BCUT2D eigenvalue weighted by molar-refractivity contribution is -0.307. The third kappa shape index (κ3) is 5.31. The fourth-order valence-electron chi connectivity index (χ4n) is 4.17. The molecular formula is C21H25F4N3O2. The highest BCUT2D eigenvalue weighted by atomic mass is 19.4. The number of nitrogens with zero attached hydrogens (tertiary/aromatic N) is 2. The molecule has 0 bridgehead atoms. The molecule has 1 aromatic rings. The van der Waals surface area contributed by atoms with Crippen LogP contribution in [0, 0.1) is 0 Å². The highest BCUT2D eigenvalue weighted by molar-refractivity contribution is 5.69. The molecule has 1 aliphatic carbocycles. The molecule has 0 saturated carbocycles. The summed E-state index contributed by atoms with van der Waals surface area (Å²) < 4.78 is 54.9. The van der Waals surface area contributed by atoms with Crippen molar-refractivity contribution in [3.63, 3.8) is 0 Å². The standard InChI is InChI=1S/C21H25F4N3O2/c1-2-6-20(27-14-29)7-10-28(11-8-20)16-5-9-26-18(13-16)15-3-4-19(17(22)12-15)30-21(23,24)25/h5,9,12-14H,2-4,6-8,10-11H2,1H3,(H,27,29). The zero-order valence-electron chi connectivity index (χ0n) is 16.8. The second-order valence-corrected chi connectivity index (χ2v) is 7.67. The van der Waals surface area contributed by atoms with Gasteiger partial charge in [-0.25, -0.2) is 4.39 Å². The molecular weight excluding hydrogens is 402 g/mol. The molecule has 0 atom stereocenters. The van der Waals surface area contributed by atoms with Crippen LogP contribution in [0.2, 0.25) is 0 Å². The van der Waals surface area contributed by atoms with Gasteiger partial charge in [0.05, 0.1) is 5.69 Å². The lowest BCUT2D eigenvalue weighted by atomic mass is 9.83. The van der Waals surface area contributed by atoms with Crippen molar-refractivity contribution < 1.29 is 27.1 Å². The number of hydrogen-bond donors (Lipinski definition) is 1. The molecule has 1 fully saturated rings. The Balaban J connectivity index is 1.73. The maximum Gasteiger partial charge on any atom is 0.572 e. The Labute approximate surface area is 172 Å². The van der Waals surface area contributed by atoms with Crippen LogP contribution in [0.3, 0.4) is 0 Å². The fourth-order valence-corrected chi connectivity index (χ4v) is 4.17. The zero-order valence-corrected chi connectivity index (χ0v) is 16.8. The average molecular weight is 427 g/mol. The molecule has 1 amide bonds. The number of aromatic nitrogens is 1. The molecule has 1 saturated heterocycles. The Kier molecular flexibility index (Phi) is 6.67. The van der Waals surface area contributed by atoms with Crippen LogP contribution >= 0.6 is 0 Å². The lowest BCUT2D eigenvalue weighted by Crippen LogP contribution is -2.53. The molecule has 0 unspecified atom stereocenters. The molecule has 0 aromatic carbocycles. The van der Waals surface area contributed by atoms with E-state index in [-0.39, 0.29) is 18.4 Å². The second kappa shape index (κ2) is 9.06. The second-order valence-electron chi connectivity index (χ2n) is 7.67. The maximum absolute atomic E-state index is 14.1. The summed E-state index contributed by atoms with van der Waals surface area (Å²) in [5.41, 5.74) is 1.80. The smallest absolute Gasteiger partial charge is 0.407 e. The van der Waals surface area contributed by atoms with Crippen molar-refractivity contribution >= 4 is 17.7 Å². The first-order chi connectivity index (χ1) is 14.3. The minimum atomic E-state index is -4.91. The SMILES string of the molecule is CCCC1(NC=O)CCN(c2ccnc(C3=CC(F)=C(OC(F)(F)F)CC3)c2)CC1. The molecule has 1 aromatic heterocycles. The van der Waals surface area contributed by atoms with E-state index in [4.69, 9.17) is 0 Å². The molecule has 0 radical (unpaired) electrons. The van der Waals surface area contributed by atoms with Crippen LogP contribution in [0.4, 0.5) is 23.2 Å². The van der Waals surface area contributed by atoms with Gasteiger partial charge >= 0.3 is 6.36 Å². The molecule has 164 valence electrons. The summed E-state index contributed by atoms with van der Waals surface area (Å²) in [5.74, 6) is -1.73.